The number of benzene rings is 2. The van der Waals surface area contributed by atoms with Gasteiger partial charge in [0.2, 0.25) is 15.9 Å². The van der Waals surface area contributed by atoms with Crippen LogP contribution in [0.2, 0.25) is 0 Å². The first-order chi connectivity index (χ1) is 15.2. The number of non-ortho nitro benzene ring substituents is 1. The van der Waals surface area contributed by atoms with Crippen molar-refractivity contribution in [1.29, 1.82) is 0 Å². The number of nitrogens with zero attached hydrogens (tertiary/aromatic N) is 3. The molecule has 3 aromatic rings. The highest BCUT2D eigenvalue weighted by Gasteiger charge is 2.18. The highest BCUT2D eigenvalue weighted by molar-refractivity contribution is 7.89. The van der Waals surface area contributed by atoms with Crippen molar-refractivity contribution in [2.45, 2.75) is 37.8 Å². The van der Waals surface area contributed by atoms with Gasteiger partial charge in [0.25, 0.3) is 11.6 Å². The molecule has 0 saturated heterocycles. The Balaban J connectivity index is 1.61. The molecule has 1 atom stereocenters. The Labute approximate surface area is 183 Å². The first-order valence-electron chi connectivity index (χ1n) is 9.56. The molecule has 168 valence electrons. The highest BCUT2D eigenvalue weighted by Crippen LogP contribution is 2.21. The Kier molecular flexibility index (Phi) is 6.95. The number of nitro benzene ring substituents is 1. The van der Waals surface area contributed by atoms with E-state index in [4.69, 9.17) is 9.15 Å². The fourth-order valence-corrected chi connectivity index (χ4v) is 3.88. The standard InChI is InChI=1S/C20H20N4O7S/c1-3-13(2)23-32(28,29)17-10-6-15(7-11-17)20(25)30-12-18-21-22-19(31-18)14-4-8-16(9-5-14)24(26)27/h4-11,13,23H,3,12H2,1-2H3. The van der Waals surface area contributed by atoms with Crippen molar-refractivity contribution in [2.75, 3.05) is 0 Å². The summed E-state index contributed by atoms with van der Waals surface area (Å²) in [6.45, 7) is 3.33. The predicted octanol–water partition coefficient (Wildman–Crippen LogP) is 3.08. The molecule has 0 fully saturated rings. The average Bonchev–Trinajstić information content (AvgIpc) is 3.26. The van der Waals surface area contributed by atoms with E-state index in [1.165, 1.54) is 48.5 Å². The molecule has 1 heterocycles. The van der Waals surface area contributed by atoms with E-state index in [-0.39, 0.29) is 40.6 Å². The molecule has 2 aromatic carbocycles. The third kappa shape index (κ3) is 5.53. The van der Waals surface area contributed by atoms with Crippen molar-refractivity contribution < 1.29 is 27.3 Å². The largest absolute Gasteiger partial charge is 0.452 e. The van der Waals surface area contributed by atoms with Gasteiger partial charge >= 0.3 is 5.97 Å². The predicted molar refractivity (Wildman–Crippen MR) is 112 cm³/mol. The maximum absolute atomic E-state index is 12.3. The Morgan fingerprint density at radius 2 is 1.81 bits per heavy atom. The minimum atomic E-state index is -3.67. The molecule has 1 aromatic heterocycles. The van der Waals surface area contributed by atoms with Crippen LogP contribution in [0.1, 0.15) is 36.5 Å². The number of ether oxygens (including phenoxy) is 1. The van der Waals surface area contributed by atoms with Crippen LogP contribution in [0.5, 0.6) is 0 Å². The maximum atomic E-state index is 12.3. The number of nitro groups is 1. The van der Waals surface area contributed by atoms with E-state index < -0.39 is 20.9 Å². The minimum absolute atomic E-state index is 0.0312. The molecule has 0 bridgehead atoms. The average molecular weight is 460 g/mol. The second-order valence-corrected chi connectivity index (χ2v) is 8.55. The summed E-state index contributed by atoms with van der Waals surface area (Å²) >= 11 is 0. The van der Waals surface area contributed by atoms with E-state index in [9.17, 15) is 23.3 Å². The Hall–Kier alpha value is -3.64. The van der Waals surface area contributed by atoms with Gasteiger partial charge in [-0.1, -0.05) is 6.92 Å². The van der Waals surface area contributed by atoms with Gasteiger partial charge in [0, 0.05) is 23.7 Å². The number of nitrogens with one attached hydrogen (secondary N) is 1. The summed E-state index contributed by atoms with van der Waals surface area (Å²) < 4.78 is 37.6. The van der Waals surface area contributed by atoms with Gasteiger partial charge in [-0.2, -0.15) is 0 Å². The molecule has 1 N–H and O–H groups in total. The minimum Gasteiger partial charge on any atom is -0.452 e. The smallest absolute Gasteiger partial charge is 0.338 e. The molecule has 3 rings (SSSR count). The first-order valence-corrected chi connectivity index (χ1v) is 11.0. The summed E-state index contributed by atoms with van der Waals surface area (Å²) in [5.41, 5.74) is 0.558. The van der Waals surface area contributed by atoms with Gasteiger partial charge in [0.05, 0.1) is 15.4 Å². The Morgan fingerprint density at radius 3 is 2.41 bits per heavy atom. The van der Waals surface area contributed by atoms with Crippen molar-refractivity contribution in [1.82, 2.24) is 14.9 Å². The molecule has 1 unspecified atom stereocenters. The van der Waals surface area contributed by atoms with Gasteiger partial charge in [-0.05, 0) is 49.7 Å². The zero-order valence-corrected chi connectivity index (χ0v) is 18.0. The zero-order chi connectivity index (χ0) is 23.3. The van der Waals surface area contributed by atoms with Crippen molar-refractivity contribution in [2.24, 2.45) is 0 Å². The molecule has 11 nitrogen and oxygen atoms in total. The second-order valence-electron chi connectivity index (χ2n) is 6.84. The quantitative estimate of drug-likeness (QED) is 0.288. The van der Waals surface area contributed by atoms with E-state index in [1.54, 1.807) is 6.92 Å². The molecule has 0 aliphatic carbocycles. The van der Waals surface area contributed by atoms with Crippen molar-refractivity contribution in [3.63, 3.8) is 0 Å². The normalized spacial score (nSPS) is 12.3. The van der Waals surface area contributed by atoms with Crippen LogP contribution in [-0.2, 0) is 21.4 Å². The monoisotopic (exact) mass is 460 g/mol. The van der Waals surface area contributed by atoms with Crippen LogP contribution >= 0.6 is 0 Å². The number of hydrogen-bond acceptors (Lipinski definition) is 9. The first kappa shape index (κ1) is 23.0. The lowest BCUT2D eigenvalue weighted by Gasteiger charge is -2.12. The van der Waals surface area contributed by atoms with Crippen LogP contribution in [0.15, 0.2) is 57.8 Å². The molecular weight excluding hydrogens is 440 g/mol. The number of carbonyl (C=O) groups excluding carboxylic acids is 1. The van der Waals surface area contributed by atoms with Crippen molar-refractivity contribution >= 4 is 21.7 Å². The number of esters is 1. The van der Waals surface area contributed by atoms with Gasteiger partial charge in [0.15, 0.2) is 6.61 Å². The van der Waals surface area contributed by atoms with E-state index in [2.05, 4.69) is 14.9 Å². The van der Waals surface area contributed by atoms with Crippen LogP contribution in [0.3, 0.4) is 0 Å². The number of hydrogen-bond donors (Lipinski definition) is 1. The van der Waals surface area contributed by atoms with E-state index in [0.717, 1.165) is 0 Å². The lowest BCUT2D eigenvalue weighted by Crippen LogP contribution is -2.32. The number of aromatic nitrogens is 2. The summed E-state index contributed by atoms with van der Waals surface area (Å²) in [6.07, 6.45) is 0.644. The van der Waals surface area contributed by atoms with Crippen LogP contribution < -0.4 is 4.72 Å². The fourth-order valence-electron chi connectivity index (χ4n) is 2.55. The van der Waals surface area contributed by atoms with Crippen molar-refractivity contribution in [3.8, 4) is 11.5 Å². The van der Waals surface area contributed by atoms with E-state index in [1.807, 2.05) is 6.92 Å². The molecule has 0 spiro atoms. The topological polar surface area (TPSA) is 155 Å². The van der Waals surface area contributed by atoms with Crippen LogP contribution in [0.4, 0.5) is 5.69 Å². The maximum Gasteiger partial charge on any atom is 0.338 e. The SMILES string of the molecule is CCC(C)NS(=O)(=O)c1ccc(C(=O)OCc2nnc(-c3ccc([N+](=O)[O-])cc3)o2)cc1. The molecule has 0 saturated carbocycles. The van der Waals surface area contributed by atoms with Gasteiger partial charge < -0.3 is 9.15 Å². The second kappa shape index (κ2) is 9.66. The van der Waals surface area contributed by atoms with E-state index in [0.29, 0.717) is 12.0 Å². The molecule has 12 heteroatoms. The summed E-state index contributed by atoms with van der Waals surface area (Å²) in [5, 5.41) is 18.3. The van der Waals surface area contributed by atoms with E-state index >= 15 is 0 Å². The third-order valence-corrected chi connectivity index (χ3v) is 6.09. The highest BCUT2D eigenvalue weighted by atomic mass is 32.2. The molecular formula is C20H20N4O7S. The van der Waals surface area contributed by atoms with Gasteiger partial charge in [-0.3, -0.25) is 10.1 Å². The fraction of sp³-hybridized carbons (Fsp3) is 0.250. The van der Waals surface area contributed by atoms with Crippen LogP contribution in [0, 0.1) is 10.1 Å². The van der Waals surface area contributed by atoms with Gasteiger partial charge in [-0.25, -0.2) is 17.9 Å². The molecule has 0 aliphatic heterocycles. The summed E-state index contributed by atoms with van der Waals surface area (Å²) in [5.74, 6) is -0.545. The lowest BCUT2D eigenvalue weighted by molar-refractivity contribution is -0.384. The third-order valence-electron chi connectivity index (χ3n) is 4.49. The van der Waals surface area contributed by atoms with Gasteiger partial charge in [-0.15, -0.1) is 10.2 Å². The van der Waals surface area contributed by atoms with Crippen LogP contribution in [0.25, 0.3) is 11.5 Å². The molecule has 0 radical (unpaired) electrons. The lowest BCUT2D eigenvalue weighted by atomic mass is 10.2. The number of sulfonamides is 1. The summed E-state index contributed by atoms with van der Waals surface area (Å²) in [7, 11) is -3.67. The summed E-state index contributed by atoms with van der Waals surface area (Å²) in [4.78, 5) is 22.5. The molecule has 0 amide bonds. The molecule has 32 heavy (non-hydrogen) atoms. The summed E-state index contributed by atoms with van der Waals surface area (Å²) in [6, 6.07) is 10.7. The van der Waals surface area contributed by atoms with Crippen LogP contribution in [-0.4, -0.2) is 35.5 Å². The zero-order valence-electron chi connectivity index (χ0n) is 17.2. The molecule has 0 aliphatic rings. The number of rotatable bonds is 9. The Morgan fingerprint density at radius 1 is 1.16 bits per heavy atom. The van der Waals surface area contributed by atoms with Gasteiger partial charge in [0.1, 0.15) is 0 Å². The number of carbonyl (C=O) groups is 1. The Bertz CT molecular complexity index is 1210. The van der Waals surface area contributed by atoms with Crippen molar-refractivity contribution in [3.05, 3.63) is 70.1 Å².